The topological polar surface area (TPSA) is 47.6 Å². The van der Waals surface area contributed by atoms with Gasteiger partial charge in [-0.1, -0.05) is 33.6 Å². The standard InChI is InChI=1S/C16H15BrClNO3/c1-21-14-6-10(13(17)9-15(14)22-2)7-16(20)19-12-5-3-4-11(18)8-12/h3-6,8-9H,7H2,1-2H3,(H,19,20). The van der Waals surface area contributed by atoms with E-state index >= 15 is 0 Å². The highest BCUT2D eigenvalue weighted by molar-refractivity contribution is 9.10. The fraction of sp³-hybridized carbons (Fsp3) is 0.188. The van der Waals surface area contributed by atoms with Gasteiger partial charge in [-0.3, -0.25) is 4.79 Å². The van der Waals surface area contributed by atoms with Crippen molar-refractivity contribution in [1.29, 1.82) is 0 Å². The van der Waals surface area contributed by atoms with Crippen molar-refractivity contribution in [2.75, 3.05) is 19.5 Å². The number of nitrogens with one attached hydrogen (secondary N) is 1. The van der Waals surface area contributed by atoms with E-state index < -0.39 is 0 Å². The molecule has 0 spiro atoms. The van der Waals surface area contributed by atoms with Crippen molar-refractivity contribution in [1.82, 2.24) is 0 Å². The third kappa shape index (κ3) is 4.15. The first kappa shape index (κ1) is 16.6. The van der Waals surface area contributed by atoms with Gasteiger partial charge in [0.15, 0.2) is 11.5 Å². The molecule has 0 heterocycles. The molecule has 0 radical (unpaired) electrons. The Morgan fingerprint density at radius 3 is 2.50 bits per heavy atom. The van der Waals surface area contributed by atoms with Crippen LogP contribution in [0.25, 0.3) is 0 Å². The largest absolute Gasteiger partial charge is 0.493 e. The van der Waals surface area contributed by atoms with Gasteiger partial charge in [-0.05, 0) is 35.9 Å². The highest BCUT2D eigenvalue weighted by Gasteiger charge is 2.13. The molecule has 22 heavy (non-hydrogen) atoms. The van der Waals surface area contributed by atoms with Gasteiger partial charge in [-0.2, -0.15) is 0 Å². The number of rotatable bonds is 5. The minimum absolute atomic E-state index is 0.143. The average molecular weight is 385 g/mol. The molecule has 116 valence electrons. The van der Waals surface area contributed by atoms with Crippen molar-refractivity contribution in [3.05, 3.63) is 51.5 Å². The molecule has 0 atom stereocenters. The summed E-state index contributed by atoms with van der Waals surface area (Å²) >= 11 is 9.34. The van der Waals surface area contributed by atoms with Crippen LogP contribution in [0, 0.1) is 0 Å². The lowest BCUT2D eigenvalue weighted by atomic mass is 10.1. The molecule has 0 saturated carbocycles. The monoisotopic (exact) mass is 383 g/mol. The maximum atomic E-state index is 12.2. The smallest absolute Gasteiger partial charge is 0.228 e. The number of anilines is 1. The Kier molecular flexibility index (Phi) is 5.69. The molecule has 0 aliphatic carbocycles. The Balaban J connectivity index is 2.14. The number of ether oxygens (including phenoxy) is 2. The number of amides is 1. The zero-order valence-corrected chi connectivity index (χ0v) is 14.5. The van der Waals surface area contributed by atoms with Crippen LogP contribution in [0.5, 0.6) is 11.5 Å². The van der Waals surface area contributed by atoms with E-state index in [-0.39, 0.29) is 12.3 Å². The molecule has 0 aromatic heterocycles. The van der Waals surface area contributed by atoms with Crippen molar-refractivity contribution in [2.45, 2.75) is 6.42 Å². The Labute approximate surface area is 142 Å². The molecular formula is C16H15BrClNO3. The fourth-order valence-electron chi connectivity index (χ4n) is 1.98. The molecule has 0 fully saturated rings. The van der Waals surface area contributed by atoms with Crippen LogP contribution in [0.15, 0.2) is 40.9 Å². The Morgan fingerprint density at radius 1 is 1.18 bits per heavy atom. The Morgan fingerprint density at radius 2 is 1.86 bits per heavy atom. The van der Waals surface area contributed by atoms with Crippen molar-refractivity contribution in [3.63, 3.8) is 0 Å². The van der Waals surface area contributed by atoms with Crippen molar-refractivity contribution in [3.8, 4) is 11.5 Å². The SMILES string of the molecule is COc1cc(Br)c(CC(=O)Nc2cccc(Cl)c2)cc1OC. The lowest BCUT2D eigenvalue weighted by molar-refractivity contribution is -0.115. The summed E-state index contributed by atoms with van der Waals surface area (Å²) in [5, 5.41) is 3.38. The molecule has 1 N–H and O–H groups in total. The van der Waals surface area contributed by atoms with Crippen molar-refractivity contribution < 1.29 is 14.3 Å². The summed E-state index contributed by atoms with van der Waals surface area (Å²) in [7, 11) is 3.12. The van der Waals surface area contributed by atoms with Gasteiger partial charge in [0, 0.05) is 15.2 Å². The zero-order valence-electron chi connectivity index (χ0n) is 12.2. The van der Waals surface area contributed by atoms with E-state index in [0.717, 1.165) is 10.0 Å². The first-order valence-electron chi connectivity index (χ1n) is 6.49. The number of benzene rings is 2. The summed E-state index contributed by atoms with van der Waals surface area (Å²) in [6, 6.07) is 10.6. The third-order valence-electron chi connectivity index (χ3n) is 3.01. The second-order valence-electron chi connectivity index (χ2n) is 4.53. The van der Waals surface area contributed by atoms with Gasteiger partial charge in [0.25, 0.3) is 0 Å². The van der Waals surface area contributed by atoms with E-state index in [1.807, 2.05) is 0 Å². The quantitative estimate of drug-likeness (QED) is 0.836. The molecule has 0 aliphatic heterocycles. The number of hydrogen-bond acceptors (Lipinski definition) is 3. The predicted molar refractivity (Wildman–Crippen MR) is 91.0 cm³/mol. The number of carbonyl (C=O) groups excluding carboxylic acids is 1. The highest BCUT2D eigenvalue weighted by atomic mass is 79.9. The fourth-order valence-corrected chi connectivity index (χ4v) is 2.63. The van der Waals surface area contributed by atoms with Gasteiger partial charge in [-0.25, -0.2) is 0 Å². The predicted octanol–water partition coefficient (Wildman–Crippen LogP) is 4.30. The number of carbonyl (C=O) groups is 1. The van der Waals surface area contributed by atoms with Crippen molar-refractivity contribution in [2.24, 2.45) is 0 Å². The molecular weight excluding hydrogens is 370 g/mol. The van der Waals surface area contributed by atoms with E-state index in [4.69, 9.17) is 21.1 Å². The van der Waals surface area contributed by atoms with Crippen LogP contribution in [0.4, 0.5) is 5.69 Å². The second kappa shape index (κ2) is 7.51. The lowest BCUT2D eigenvalue weighted by Crippen LogP contribution is -2.14. The summed E-state index contributed by atoms with van der Waals surface area (Å²) < 4.78 is 11.3. The molecule has 0 bridgehead atoms. The molecule has 0 saturated heterocycles. The van der Waals surface area contributed by atoms with Crippen LogP contribution < -0.4 is 14.8 Å². The molecule has 2 aromatic carbocycles. The first-order valence-corrected chi connectivity index (χ1v) is 7.66. The van der Waals surface area contributed by atoms with E-state index in [9.17, 15) is 4.79 Å². The zero-order chi connectivity index (χ0) is 16.1. The van der Waals surface area contributed by atoms with Gasteiger partial charge in [-0.15, -0.1) is 0 Å². The summed E-state index contributed by atoms with van der Waals surface area (Å²) in [6.07, 6.45) is 0.202. The second-order valence-corrected chi connectivity index (χ2v) is 5.82. The molecule has 0 unspecified atom stereocenters. The number of hydrogen-bond donors (Lipinski definition) is 1. The van der Waals surface area contributed by atoms with Gasteiger partial charge in [0.05, 0.1) is 20.6 Å². The minimum Gasteiger partial charge on any atom is -0.493 e. The number of halogens is 2. The van der Waals surface area contributed by atoms with Gasteiger partial charge >= 0.3 is 0 Å². The molecule has 2 rings (SSSR count). The van der Waals surface area contributed by atoms with E-state index in [2.05, 4.69) is 21.2 Å². The van der Waals surface area contributed by atoms with Crippen LogP contribution in [0.2, 0.25) is 5.02 Å². The van der Waals surface area contributed by atoms with Crippen LogP contribution in [-0.2, 0) is 11.2 Å². The Bertz CT molecular complexity index is 691. The molecule has 6 heteroatoms. The Hall–Kier alpha value is -1.72. The van der Waals surface area contributed by atoms with Crippen LogP contribution in [0.1, 0.15) is 5.56 Å². The van der Waals surface area contributed by atoms with Crippen LogP contribution in [-0.4, -0.2) is 20.1 Å². The normalized spacial score (nSPS) is 10.2. The van der Waals surface area contributed by atoms with E-state index in [0.29, 0.717) is 22.2 Å². The third-order valence-corrected chi connectivity index (χ3v) is 3.99. The maximum Gasteiger partial charge on any atom is 0.228 e. The minimum atomic E-state index is -0.143. The van der Waals surface area contributed by atoms with E-state index in [1.54, 1.807) is 50.6 Å². The maximum absolute atomic E-state index is 12.2. The number of methoxy groups -OCH3 is 2. The molecule has 4 nitrogen and oxygen atoms in total. The summed E-state index contributed by atoms with van der Waals surface area (Å²) in [5.41, 5.74) is 1.46. The molecule has 0 aliphatic rings. The molecule has 1 amide bonds. The average Bonchev–Trinajstić information content (AvgIpc) is 2.48. The summed E-state index contributed by atoms with van der Waals surface area (Å²) in [6.45, 7) is 0. The van der Waals surface area contributed by atoms with Crippen molar-refractivity contribution >= 4 is 39.1 Å². The van der Waals surface area contributed by atoms with Gasteiger partial charge < -0.3 is 14.8 Å². The van der Waals surface area contributed by atoms with Gasteiger partial charge in [0.2, 0.25) is 5.91 Å². The summed E-state index contributed by atoms with van der Waals surface area (Å²) in [4.78, 5) is 12.2. The highest BCUT2D eigenvalue weighted by Crippen LogP contribution is 2.33. The van der Waals surface area contributed by atoms with Crippen LogP contribution >= 0.6 is 27.5 Å². The van der Waals surface area contributed by atoms with E-state index in [1.165, 1.54) is 0 Å². The van der Waals surface area contributed by atoms with Crippen LogP contribution in [0.3, 0.4) is 0 Å². The first-order chi connectivity index (χ1) is 10.5. The molecule has 2 aromatic rings. The summed E-state index contributed by atoms with van der Waals surface area (Å²) in [5.74, 6) is 1.04. The van der Waals surface area contributed by atoms with Gasteiger partial charge in [0.1, 0.15) is 0 Å². The lowest BCUT2D eigenvalue weighted by Gasteiger charge is -2.12.